The Morgan fingerprint density at radius 2 is 1.50 bits per heavy atom. The summed E-state index contributed by atoms with van der Waals surface area (Å²) in [7, 11) is 0. The molecule has 0 heterocycles. The summed E-state index contributed by atoms with van der Waals surface area (Å²) in [5, 5.41) is 3.67. The fraction of sp³-hybridized carbons (Fsp3) is 0.647. The molecule has 0 aliphatic heterocycles. The second kappa shape index (κ2) is 8.31. The number of hydrogen-bond donors (Lipinski definition) is 1. The lowest BCUT2D eigenvalue weighted by atomic mass is 9.94. The molecule has 0 bridgehead atoms. The van der Waals surface area contributed by atoms with Crippen LogP contribution in [0, 0.1) is 0 Å². The fourth-order valence-corrected chi connectivity index (χ4v) is 2.26. The Morgan fingerprint density at radius 1 is 0.889 bits per heavy atom. The number of nitrogens with one attached hydrogen (secondary N) is 1. The van der Waals surface area contributed by atoms with E-state index in [1.807, 2.05) is 0 Å². The first-order chi connectivity index (χ1) is 8.67. The quantitative estimate of drug-likeness (QED) is 0.614. The molecule has 102 valence electrons. The predicted molar refractivity (Wildman–Crippen MR) is 80.8 cm³/mol. The van der Waals surface area contributed by atoms with Crippen LogP contribution in [0.3, 0.4) is 0 Å². The van der Waals surface area contributed by atoms with E-state index in [2.05, 4.69) is 56.4 Å². The van der Waals surface area contributed by atoms with Crippen LogP contribution in [0.1, 0.15) is 64.9 Å². The highest BCUT2D eigenvalue weighted by Gasteiger charge is 2.18. The zero-order valence-electron chi connectivity index (χ0n) is 12.3. The summed E-state index contributed by atoms with van der Waals surface area (Å²) >= 11 is 0. The summed E-state index contributed by atoms with van der Waals surface area (Å²) in [5.41, 5.74) is 1.46. The van der Waals surface area contributed by atoms with Crippen molar-refractivity contribution in [2.45, 2.75) is 64.8 Å². The molecule has 0 saturated carbocycles. The van der Waals surface area contributed by atoms with E-state index in [0.29, 0.717) is 0 Å². The van der Waals surface area contributed by atoms with Gasteiger partial charge in [0.15, 0.2) is 0 Å². The fourth-order valence-electron chi connectivity index (χ4n) is 2.26. The Labute approximate surface area is 113 Å². The van der Waals surface area contributed by atoms with Crippen molar-refractivity contribution in [3.05, 3.63) is 35.9 Å². The van der Waals surface area contributed by atoms with Gasteiger partial charge in [-0.3, -0.25) is 0 Å². The second-order valence-corrected chi connectivity index (χ2v) is 5.69. The summed E-state index contributed by atoms with van der Waals surface area (Å²) < 4.78 is 0. The van der Waals surface area contributed by atoms with Crippen LogP contribution >= 0.6 is 0 Å². The van der Waals surface area contributed by atoms with Gasteiger partial charge in [-0.25, -0.2) is 0 Å². The molecule has 0 aliphatic carbocycles. The van der Waals surface area contributed by atoms with Crippen LogP contribution in [0.5, 0.6) is 0 Å². The molecular weight excluding hydrogens is 218 g/mol. The molecule has 0 aromatic heterocycles. The molecule has 0 fully saturated rings. The van der Waals surface area contributed by atoms with Crippen molar-refractivity contribution < 1.29 is 0 Å². The molecule has 18 heavy (non-hydrogen) atoms. The van der Waals surface area contributed by atoms with E-state index >= 15 is 0 Å². The first-order valence-electron chi connectivity index (χ1n) is 7.47. The third kappa shape index (κ3) is 5.68. The molecule has 0 amide bonds. The SMILES string of the molecule is CCCCCCCCNC(C)(C)c1ccccc1. The molecule has 0 radical (unpaired) electrons. The highest BCUT2D eigenvalue weighted by Crippen LogP contribution is 2.19. The Hall–Kier alpha value is -0.820. The van der Waals surface area contributed by atoms with Crippen molar-refractivity contribution in [1.82, 2.24) is 5.32 Å². The van der Waals surface area contributed by atoms with E-state index in [4.69, 9.17) is 0 Å². The van der Waals surface area contributed by atoms with Gasteiger partial charge in [-0.2, -0.15) is 0 Å². The molecule has 1 rings (SSSR count). The summed E-state index contributed by atoms with van der Waals surface area (Å²) in [5.74, 6) is 0. The van der Waals surface area contributed by atoms with E-state index in [1.165, 1.54) is 44.1 Å². The Bertz CT molecular complexity index is 303. The Balaban J connectivity index is 2.18. The van der Waals surface area contributed by atoms with Crippen LogP contribution in [0.25, 0.3) is 0 Å². The first kappa shape index (κ1) is 15.2. The lowest BCUT2D eigenvalue weighted by molar-refractivity contribution is 0.394. The van der Waals surface area contributed by atoms with Gasteiger partial charge < -0.3 is 5.32 Å². The highest BCUT2D eigenvalue weighted by atomic mass is 14.9. The smallest absolute Gasteiger partial charge is 0.0377 e. The van der Waals surface area contributed by atoms with Gasteiger partial charge in [0.2, 0.25) is 0 Å². The zero-order chi connectivity index (χ0) is 13.3. The highest BCUT2D eigenvalue weighted by molar-refractivity contribution is 5.22. The average Bonchev–Trinajstić information content (AvgIpc) is 2.39. The van der Waals surface area contributed by atoms with Crippen molar-refractivity contribution in [3.8, 4) is 0 Å². The van der Waals surface area contributed by atoms with Crippen molar-refractivity contribution in [1.29, 1.82) is 0 Å². The van der Waals surface area contributed by atoms with Crippen LogP contribution in [-0.2, 0) is 5.54 Å². The van der Waals surface area contributed by atoms with Crippen LogP contribution in [0.2, 0.25) is 0 Å². The maximum atomic E-state index is 3.67. The zero-order valence-corrected chi connectivity index (χ0v) is 12.3. The van der Waals surface area contributed by atoms with E-state index in [0.717, 1.165) is 6.54 Å². The standard InChI is InChI=1S/C17H29N/c1-4-5-6-7-8-12-15-18-17(2,3)16-13-10-9-11-14-16/h9-11,13-14,18H,4-8,12,15H2,1-3H3. The molecule has 1 N–H and O–H groups in total. The maximum Gasteiger partial charge on any atom is 0.0377 e. The Morgan fingerprint density at radius 3 is 2.17 bits per heavy atom. The number of benzene rings is 1. The molecule has 1 nitrogen and oxygen atoms in total. The van der Waals surface area contributed by atoms with Crippen LogP contribution in [-0.4, -0.2) is 6.54 Å². The molecular formula is C17H29N. The van der Waals surface area contributed by atoms with E-state index in [1.54, 1.807) is 0 Å². The molecule has 0 saturated heterocycles. The summed E-state index contributed by atoms with van der Waals surface area (Å²) in [6, 6.07) is 10.7. The minimum absolute atomic E-state index is 0.0880. The minimum atomic E-state index is 0.0880. The molecule has 0 spiro atoms. The van der Waals surface area contributed by atoms with Crippen molar-refractivity contribution in [2.75, 3.05) is 6.54 Å². The van der Waals surface area contributed by atoms with E-state index < -0.39 is 0 Å². The molecule has 0 atom stereocenters. The number of hydrogen-bond acceptors (Lipinski definition) is 1. The monoisotopic (exact) mass is 247 g/mol. The molecule has 1 heteroatoms. The minimum Gasteiger partial charge on any atom is -0.308 e. The lowest BCUT2D eigenvalue weighted by Gasteiger charge is -2.27. The van der Waals surface area contributed by atoms with Crippen molar-refractivity contribution in [2.24, 2.45) is 0 Å². The maximum absolute atomic E-state index is 3.67. The van der Waals surface area contributed by atoms with Gasteiger partial charge in [0.1, 0.15) is 0 Å². The number of rotatable bonds is 9. The predicted octanol–water partition coefficient (Wildman–Crippen LogP) is 4.87. The normalized spacial score (nSPS) is 11.7. The molecule has 0 unspecified atom stereocenters. The third-order valence-corrected chi connectivity index (χ3v) is 3.59. The summed E-state index contributed by atoms with van der Waals surface area (Å²) in [6.45, 7) is 7.91. The van der Waals surface area contributed by atoms with Gasteiger partial charge in [-0.15, -0.1) is 0 Å². The Kier molecular flexibility index (Phi) is 7.04. The first-order valence-corrected chi connectivity index (χ1v) is 7.47. The van der Waals surface area contributed by atoms with Crippen molar-refractivity contribution in [3.63, 3.8) is 0 Å². The van der Waals surface area contributed by atoms with Gasteiger partial charge in [0.25, 0.3) is 0 Å². The second-order valence-electron chi connectivity index (χ2n) is 5.69. The van der Waals surface area contributed by atoms with E-state index in [-0.39, 0.29) is 5.54 Å². The van der Waals surface area contributed by atoms with Gasteiger partial charge in [0, 0.05) is 5.54 Å². The largest absolute Gasteiger partial charge is 0.308 e. The molecule has 0 aliphatic rings. The molecule has 1 aromatic carbocycles. The summed E-state index contributed by atoms with van der Waals surface area (Å²) in [4.78, 5) is 0. The lowest BCUT2D eigenvalue weighted by Crippen LogP contribution is -2.37. The van der Waals surface area contributed by atoms with Crippen LogP contribution in [0.15, 0.2) is 30.3 Å². The summed E-state index contributed by atoms with van der Waals surface area (Å²) in [6.07, 6.45) is 8.17. The van der Waals surface area contributed by atoms with Gasteiger partial charge in [0.05, 0.1) is 0 Å². The van der Waals surface area contributed by atoms with Crippen LogP contribution < -0.4 is 5.32 Å². The van der Waals surface area contributed by atoms with E-state index in [9.17, 15) is 0 Å². The molecule has 1 aromatic rings. The van der Waals surface area contributed by atoms with Gasteiger partial charge >= 0.3 is 0 Å². The topological polar surface area (TPSA) is 12.0 Å². The average molecular weight is 247 g/mol. The number of unbranched alkanes of at least 4 members (excludes halogenated alkanes) is 5. The van der Waals surface area contributed by atoms with Gasteiger partial charge in [-0.05, 0) is 32.4 Å². The van der Waals surface area contributed by atoms with Crippen LogP contribution in [0.4, 0.5) is 0 Å². The van der Waals surface area contributed by atoms with Crippen molar-refractivity contribution >= 4 is 0 Å². The van der Waals surface area contributed by atoms with Gasteiger partial charge in [-0.1, -0.05) is 69.4 Å². The third-order valence-electron chi connectivity index (χ3n) is 3.59.